The molecule has 0 aromatic heterocycles. The van der Waals surface area contributed by atoms with Gasteiger partial charge >= 0.3 is 17.8 Å². The van der Waals surface area contributed by atoms with Gasteiger partial charge in [0.05, 0.1) is 0 Å². The highest BCUT2D eigenvalue weighted by atomic mass is 16.2. The molecule has 16 heavy (non-hydrogen) atoms. The van der Waals surface area contributed by atoms with Gasteiger partial charge in [-0.2, -0.15) is 0 Å². The minimum absolute atomic E-state index is 0.126. The summed E-state index contributed by atoms with van der Waals surface area (Å²) in [6.07, 6.45) is 3.16. The topological polar surface area (TPSA) is 69.7 Å². The van der Waals surface area contributed by atoms with Crippen molar-refractivity contribution in [1.82, 2.24) is 15.1 Å². The molecule has 0 aromatic carbocycles. The summed E-state index contributed by atoms with van der Waals surface area (Å²) in [5, 5.41) is 3.24. The number of carbonyl (C=O) groups is 3. The minimum Gasteiger partial charge on any atom is -0.312 e. The van der Waals surface area contributed by atoms with Crippen LogP contribution in [-0.2, 0) is 9.59 Å². The molecular formula is C10H15N3O3. The Bertz CT molecular complexity index is 336. The number of hydrogen-bond acceptors (Lipinski definition) is 4. The molecule has 1 atom stereocenters. The lowest BCUT2D eigenvalue weighted by Crippen LogP contribution is -2.46. The number of rotatable bonds is 2. The number of amides is 4. The zero-order chi connectivity index (χ0) is 11.7. The maximum atomic E-state index is 11.6. The number of hydrogen-bond donors (Lipinski definition) is 1. The SMILES string of the molecule is CN1C(=O)C(=O)N(CC2CCCCN2)C1=O. The highest BCUT2D eigenvalue weighted by Crippen LogP contribution is 2.14. The van der Waals surface area contributed by atoms with Crippen molar-refractivity contribution in [2.45, 2.75) is 25.3 Å². The number of likely N-dealkylation sites (N-methyl/N-ethyl adjacent to an activating group) is 1. The first-order chi connectivity index (χ1) is 7.61. The normalized spacial score (nSPS) is 26.8. The van der Waals surface area contributed by atoms with E-state index in [0.717, 1.165) is 35.6 Å². The summed E-state index contributed by atoms with van der Waals surface area (Å²) >= 11 is 0. The van der Waals surface area contributed by atoms with Crippen molar-refractivity contribution < 1.29 is 14.4 Å². The van der Waals surface area contributed by atoms with Crippen LogP contribution in [0, 0.1) is 0 Å². The molecule has 0 radical (unpaired) electrons. The second kappa shape index (κ2) is 4.21. The van der Waals surface area contributed by atoms with Gasteiger partial charge in [-0.15, -0.1) is 0 Å². The van der Waals surface area contributed by atoms with E-state index in [4.69, 9.17) is 0 Å². The average Bonchev–Trinajstić information content (AvgIpc) is 2.48. The fourth-order valence-corrected chi connectivity index (χ4v) is 2.07. The Labute approximate surface area is 93.6 Å². The smallest absolute Gasteiger partial charge is 0.312 e. The molecule has 2 heterocycles. The molecule has 2 rings (SSSR count). The Morgan fingerprint density at radius 1 is 1.25 bits per heavy atom. The maximum Gasteiger partial charge on any atom is 0.334 e. The zero-order valence-electron chi connectivity index (χ0n) is 9.23. The molecule has 4 amide bonds. The van der Waals surface area contributed by atoms with E-state index in [1.165, 1.54) is 7.05 Å². The largest absolute Gasteiger partial charge is 0.334 e. The summed E-state index contributed by atoms with van der Waals surface area (Å²) in [5.74, 6) is -1.44. The number of piperidine rings is 1. The first-order valence-corrected chi connectivity index (χ1v) is 5.48. The number of carbonyl (C=O) groups excluding carboxylic acids is 3. The van der Waals surface area contributed by atoms with Crippen LogP contribution in [0.15, 0.2) is 0 Å². The molecule has 2 aliphatic rings. The van der Waals surface area contributed by atoms with E-state index >= 15 is 0 Å². The van der Waals surface area contributed by atoms with Crippen LogP contribution in [0.3, 0.4) is 0 Å². The minimum atomic E-state index is -0.735. The molecule has 2 aliphatic heterocycles. The van der Waals surface area contributed by atoms with Gasteiger partial charge in [0.25, 0.3) is 0 Å². The molecule has 0 aromatic rings. The molecule has 2 saturated heterocycles. The summed E-state index contributed by atoms with van der Waals surface area (Å²) in [6, 6.07) is -0.386. The van der Waals surface area contributed by atoms with E-state index in [-0.39, 0.29) is 6.04 Å². The van der Waals surface area contributed by atoms with Crippen molar-refractivity contribution in [3.63, 3.8) is 0 Å². The molecule has 1 unspecified atom stereocenters. The third-order valence-electron chi connectivity index (χ3n) is 3.07. The lowest BCUT2D eigenvalue weighted by atomic mass is 10.0. The van der Waals surface area contributed by atoms with Crippen LogP contribution in [0.4, 0.5) is 4.79 Å². The van der Waals surface area contributed by atoms with Gasteiger partial charge in [0.1, 0.15) is 0 Å². The molecule has 6 nitrogen and oxygen atoms in total. The fraction of sp³-hybridized carbons (Fsp3) is 0.700. The highest BCUT2D eigenvalue weighted by molar-refractivity contribution is 6.44. The third-order valence-corrected chi connectivity index (χ3v) is 3.07. The van der Waals surface area contributed by atoms with Crippen LogP contribution in [0.5, 0.6) is 0 Å². The first kappa shape index (κ1) is 11.1. The van der Waals surface area contributed by atoms with Crippen molar-refractivity contribution in [3.05, 3.63) is 0 Å². The van der Waals surface area contributed by atoms with Crippen LogP contribution < -0.4 is 5.32 Å². The van der Waals surface area contributed by atoms with Gasteiger partial charge in [-0.25, -0.2) is 4.79 Å². The average molecular weight is 225 g/mol. The van der Waals surface area contributed by atoms with Crippen molar-refractivity contribution in [2.24, 2.45) is 0 Å². The van der Waals surface area contributed by atoms with E-state index in [9.17, 15) is 14.4 Å². The van der Waals surface area contributed by atoms with Crippen molar-refractivity contribution in [3.8, 4) is 0 Å². The number of nitrogens with one attached hydrogen (secondary N) is 1. The molecule has 6 heteroatoms. The van der Waals surface area contributed by atoms with Gasteiger partial charge in [-0.3, -0.25) is 19.4 Å². The van der Waals surface area contributed by atoms with Crippen LogP contribution in [0.25, 0.3) is 0 Å². The molecule has 0 saturated carbocycles. The lowest BCUT2D eigenvalue weighted by molar-refractivity contribution is -0.143. The maximum absolute atomic E-state index is 11.6. The van der Waals surface area contributed by atoms with Crippen molar-refractivity contribution in [2.75, 3.05) is 20.1 Å². The van der Waals surface area contributed by atoms with E-state index in [2.05, 4.69) is 5.32 Å². The van der Waals surface area contributed by atoms with Gasteiger partial charge in [0.2, 0.25) is 0 Å². The van der Waals surface area contributed by atoms with Crippen LogP contribution >= 0.6 is 0 Å². The summed E-state index contributed by atoms with van der Waals surface area (Å²) in [7, 11) is 1.33. The Balaban J connectivity index is 2.01. The second-order valence-electron chi connectivity index (χ2n) is 4.21. The van der Waals surface area contributed by atoms with Gasteiger partial charge in [-0.05, 0) is 19.4 Å². The van der Waals surface area contributed by atoms with E-state index < -0.39 is 17.8 Å². The standard InChI is InChI=1S/C10H15N3O3/c1-12-8(14)9(15)13(10(12)16)6-7-4-2-3-5-11-7/h7,11H,2-6H2,1H3. The van der Waals surface area contributed by atoms with E-state index in [1.807, 2.05) is 0 Å². The predicted molar refractivity (Wildman–Crippen MR) is 55.5 cm³/mol. The molecule has 1 N–H and O–H groups in total. The van der Waals surface area contributed by atoms with Gasteiger partial charge in [0.15, 0.2) is 0 Å². The highest BCUT2D eigenvalue weighted by Gasteiger charge is 2.42. The van der Waals surface area contributed by atoms with E-state index in [1.54, 1.807) is 0 Å². The molecule has 88 valence electrons. The predicted octanol–water partition coefficient (Wildman–Crippen LogP) is -0.451. The number of imide groups is 2. The van der Waals surface area contributed by atoms with Gasteiger partial charge in [-0.1, -0.05) is 6.42 Å². The summed E-state index contributed by atoms with van der Waals surface area (Å²) in [6.45, 7) is 1.21. The Morgan fingerprint density at radius 3 is 2.50 bits per heavy atom. The fourth-order valence-electron chi connectivity index (χ4n) is 2.07. The molecule has 2 fully saturated rings. The van der Waals surface area contributed by atoms with E-state index in [0.29, 0.717) is 6.54 Å². The second-order valence-corrected chi connectivity index (χ2v) is 4.21. The van der Waals surface area contributed by atoms with Crippen molar-refractivity contribution in [1.29, 1.82) is 0 Å². The molecule has 0 aliphatic carbocycles. The van der Waals surface area contributed by atoms with Crippen LogP contribution in [0.2, 0.25) is 0 Å². The Morgan fingerprint density at radius 2 is 2.00 bits per heavy atom. The van der Waals surface area contributed by atoms with Crippen LogP contribution in [0.1, 0.15) is 19.3 Å². The van der Waals surface area contributed by atoms with Gasteiger partial charge < -0.3 is 5.32 Å². The number of nitrogens with zero attached hydrogens (tertiary/aromatic N) is 2. The molecule has 0 bridgehead atoms. The summed E-state index contributed by atoms with van der Waals surface area (Å²) < 4.78 is 0. The Hall–Kier alpha value is -1.43. The number of urea groups is 1. The summed E-state index contributed by atoms with van der Waals surface area (Å²) in [4.78, 5) is 36.2. The first-order valence-electron chi connectivity index (χ1n) is 5.48. The van der Waals surface area contributed by atoms with Crippen LogP contribution in [-0.4, -0.2) is 53.8 Å². The summed E-state index contributed by atoms with van der Waals surface area (Å²) in [5.41, 5.74) is 0. The molecular weight excluding hydrogens is 210 g/mol. The zero-order valence-corrected chi connectivity index (χ0v) is 9.23. The van der Waals surface area contributed by atoms with Gasteiger partial charge in [0, 0.05) is 19.6 Å². The monoisotopic (exact) mass is 225 g/mol. The van der Waals surface area contributed by atoms with Crippen molar-refractivity contribution >= 4 is 17.8 Å². The Kier molecular flexibility index (Phi) is 2.91. The quantitative estimate of drug-likeness (QED) is 0.510. The molecule has 0 spiro atoms. The lowest BCUT2D eigenvalue weighted by Gasteiger charge is -2.26. The third kappa shape index (κ3) is 1.80.